The Hall–Kier alpha value is -2.17. The smallest absolute Gasteiger partial charge is 0.201 e. The maximum atomic E-state index is 14.4. The van der Waals surface area contributed by atoms with Crippen LogP contribution < -0.4 is 9.47 Å². The SMILES string of the molecule is COc1ccc(-c2ccc(OCC3CCC(C)CC3)cc2F)c(F)c1F. The lowest BCUT2D eigenvalue weighted by Crippen LogP contribution is -2.18. The minimum atomic E-state index is -1.13. The van der Waals surface area contributed by atoms with Crippen LogP contribution in [0, 0.1) is 29.3 Å². The van der Waals surface area contributed by atoms with E-state index in [9.17, 15) is 13.2 Å². The van der Waals surface area contributed by atoms with Crippen LogP contribution >= 0.6 is 0 Å². The molecule has 5 heteroatoms. The molecule has 0 heterocycles. The summed E-state index contributed by atoms with van der Waals surface area (Å²) in [5, 5.41) is 0. The highest BCUT2D eigenvalue weighted by atomic mass is 19.2. The van der Waals surface area contributed by atoms with Gasteiger partial charge in [0.05, 0.1) is 13.7 Å². The van der Waals surface area contributed by atoms with Crippen molar-refractivity contribution >= 4 is 0 Å². The second kappa shape index (κ2) is 8.02. The number of hydrogen-bond acceptors (Lipinski definition) is 2. The fourth-order valence-corrected chi connectivity index (χ4v) is 3.41. The topological polar surface area (TPSA) is 18.5 Å². The number of rotatable bonds is 5. The summed E-state index contributed by atoms with van der Waals surface area (Å²) in [7, 11) is 1.25. The third-order valence-corrected chi connectivity index (χ3v) is 5.12. The Morgan fingerprint density at radius 3 is 2.27 bits per heavy atom. The average Bonchev–Trinajstić information content (AvgIpc) is 2.64. The van der Waals surface area contributed by atoms with Crippen LogP contribution in [0.2, 0.25) is 0 Å². The van der Waals surface area contributed by atoms with Crippen LogP contribution in [0.4, 0.5) is 13.2 Å². The summed E-state index contributed by atoms with van der Waals surface area (Å²) >= 11 is 0. The average molecular weight is 364 g/mol. The number of benzene rings is 2. The molecular formula is C21H23F3O2. The first-order valence-corrected chi connectivity index (χ1v) is 8.94. The Balaban J connectivity index is 1.73. The predicted octanol–water partition coefficient (Wildman–Crippen LogP) is 5.98. The molecule has 0 amide bonds. The lowest BCUT2D eigenvalue weighted by atomic mass is 9.83. The molecule has 1 aliphatic rings. The second-order valence-corrected chi connectivity index (χ2v) is 7.02. The van der Waals surface area contributed by atoms with Gasteiger partial charge in [-0.05, 0) is 48.9 Å². The molecule has 0 N–H and O–H groups in total. The van der Waals surface area contributed by atoms with Crippen molar-refractivity contribution in [3.63, 3.8) is 0 Å². The number of methoxy groups -OCH3 is 1. The second-order valence-electron chi connectivity index (χ2n) is 7.02. The Labute approximate surface area is 151 Å². The summed E-state index contributed by atoms with van der Waals surface area (Å²) in [6.07, 6.45) is 4.64. The summed E-state index contributed by atoms with van der Waals surface area (Å²) in [6, 6.07) is 6.81. The number of ether oxygens (including phenoxy) is 2. The van der Waals surface area contributed by atoms with Gasteiger partial charge in [-0.2, -0.15) is 4.39 Å². The zero-order chi connectivity index (χ0) is 18.7. The Bertz CT molecular complexity index is 768. The van der Waals surface area contributed by atoms with Gasteiger partial charge in [-0.25, -0.2) is 8.78 Å². The molecule has 0 unspecified atom stereocenters. The van der Waals surface area contributed by atoms with Crippen molar-refractivity contribution in [2.45, 2.75) is 32.6 Å². The van der Waals surface area contributed by atoms with Crippen molar-refractivity contribution in [2.24, 2.45) is 11.8 Å². The number of halogens is 3. The molecule has 2 aromatic rings. The quantitative estimate of drug-likeness (QED) is 0.649. The molecule has 0 spiro atoms. The minimum absolute atomic E-state index is 0.0112. The van der Waals surface area contributed by atoms with Gasteiger partial charge in [-0.1, -0.05) is 19.8 Å². The first-order valence-electron chi connectivity index (χ1n) is 8.94. The molecule has 26 heavy (non-hydrogen) atoms. The third-order valence-electron chi connectivity index (χ3n) is 5.12. The van der Waals surface area contributed by atoms with Gasteiger partial charge >= 0.3 is 0 Å². The predicted molar refractivity (Wildman–Crippen MR) is 94.9 cm³/mol. The van der Waals surface area contributed by atoms with E-state index >= 15 is 0 Å². The maximum Gasteiger partial charge on any atom is 0.201 e. The van der Waals surface area contributed by atoms with Gasteiger partial charge < -0.3 is 9.47 Å². The molecule has 0 saturated heterocycles. The van der Waals surface area contributed by atoms with Crippen LogP contribution in [0.25, 0.3) is 11.1 Å². The van der Waals surface area contributed by atoms with E-state index in [1.165, 1.54) is 44.2 Å². The largest absolute Gasteiger partial charge is 0.494 e. The lowest BCUT2D eigenvalue weighted by molar-refractivity contribution is 0.187. The van der Waals surface area contributed by atoms with E-state index in [0.29, 0.717) is 18.3 Å². The van der Waals surface area contributed by atoms with E-state index in [0.717, 1.165) is 18.8 Å². The molecule has 0 radical (unpaired) electrons. The van der Waals surface area contributed by atoms with Crippen LogP contribution in [-0.4, -0.2) is 13.7 Å². The van der Waals surface area contributed by atoms with Gasteiger partial charge in [-0.15, -0.1) is 0 Å². The molecule has 1 saturated carbocycles. The zero-order valence-electron chi connectivity index (χ0n) is 15.0. The summed E-state index contributed by atoms with van der Waals surface area (Å²) in [5.74, 6) is -1.47. The van der Waals surface area contributed by atoms with Crippen molar-refractivity contribution in [3.8, 4) is 22.6 Å². The monoisotopic (exact) mass is 364 g/mol. The van der Waals surface area contributed by atoms with Gasteiger partial charge in [0.2, 0.25) is 5.82 Å². The molecule has 0 aromatic heterocycles. The first kappa shape index (κ1) is 18.6. The van der Waals surface area contributed by atoms with Gasteiger partial charge in [0.25, 0.3) is 0 Å². The van der Waals surface area contributed by atoms with Crippen LogP contribution in [0.1, 0.15) is 32.6 Å². The molecule has 1 fully saturated rings. The van der Waals surface area contributed by atoms with Crippen molar-refractivity contribution < 1.29 is 22.6 Å². The first-order chi connectivity index (χ1) is 12.5. The van der Waals surface area contributed by atoms with Crippen LogP contribution in [0.3, 0.4) is 0 Å². The Morgan fingerprint density at radius 2 is 1.62 bits per heavy atom. The highest BCUT2D eigenvalue weighted by Crippen LogP contribution is 2.33. The third kappa shape index (κ3) is 3.97. The van der Waals surface area contributed by atoms with Gasteiger partial charge in [-0.3, -0.25) is 0 Å². The van der Waals surface area contributed by atoms with E-state index in [2.05, 4.69) is 6.92 Å². The summed E-state index contributed by atoms with van der Waals surface area (Å²) < 4.78 is 52.9. The highest BCUT2D eigenvalue weighted by molar-refractivity contribution is 5.66. The van der Waals surface area contributed by atoms with Crippen LogP contribution in [0.5, 0.6) is 11.5 Å². The van der Waals surface area contributed by atoms with Crippen molar-refractivity contribution in [1.29, 1.82) is 0 Å². The van der Waals surface area contributed by atoms with Crippen molar-refractivity contribution in [1.82, 2.24) is 0 Å². The van der Waals surface area contributed by atoms with Crippen LogP contribution in [0.15, 0.2) is 30.3 Å². The van der Waals surface area contributed by atoms with Gasteiger partial charge in [0, 0.05) is 17.2 Å². The van der Waals surface area contributed by atoms with Gasteiger partial charge in [0.15, 0.2) is 11.6 Å². The summed E-state index contributed by atoms with van der Waals surface area (Å²) in [6.45, 7) is 2.81. The molecule has 1 aliphatic carbocycles. The molecular weight excluding hydrogens is 341 g/mol. The molecule has 0 aliphatic heterocycles. The normalized spacial score (nSPS) is 20.0. The molecule has 0 atom stereocenters. The fraction of sp³-hybridized carbons (Fsp3) is 0.429. The van der Waals surface area contributed by atoms with E-state index in [-0.39, 0.29) is 16.9 Å². The van der Waals surface area contributed by atoms with E-state index < -0.39 is 17.5 Å². The molecule has 2 aromatic carbocycles. The highest BCUT2D eigenvalue weighted by Gasteiger charge is 2.20. The maximum absolute atomic E-state index is 14.4. The molecule has 2 nitrogen and oxygen atoms in total. The van der Waals surface area contributed by atoms with Crippen molar-refractivity contribution in [3.05, 3.63) is 47.8 Å². The zero-order valence-corrected chi connectivity index (χ0v) is 15.0. The fourth-order valence-electron chi connectivity index (χ4n) is 3.41. The molecule has 0 bridgehead atoms. The van der Waals surface area contributed by atoms with Crippen molar-refractivity contribution in [2.75, 3.05) is 13.7 Å². The van der Waals surface area contributed by atoms with Gasteiger partial charge in [0.1, 0.15) is 11.6 Å². The Morgan fingerprint density at radius 1 is 0.923 bits per heavy atom. The molecule has 3 rings (SSSR count). The standard InChI is InChI=1S/C21H23F3O2/c1-13-3-5-14(6-4-13)12-26-15-7-8-16(18(22)11-15)17-9-10-19(25-2)21(24)20(17)23/h7-11,13-14H,3-6,12H2,1-2H3. The number of hydrogen-bond donors (Lipinski definition) is 0. The van der Waals surface area contributed by atoms with E-state index in [1.54, 1.807) is 6.07 Å². The summed E-state index contributed by atoms with van der Waals surface area (Å²) in [4.78, 5) is 0. The molecule has 140 valence electrons. The minimum Gasteiger partial charge on any atom is -0.494 e. The van der Waals surface area contributed by atoms with Crippen LogP contribution in [-0.2, 0) is 0 Å². The van der Waals surface area contributed by atoms with E-state index in [1.807, 2.05) is 0 Å². The Kier molecular flexibility index (Phi) is 5.74. The van der Waals surface area contributed by atoms with E-state index in [4.69, 9.17) is 9.47 Å². The summed E-state index contributed by atoms with van der Waals surface area (Å²) in [5.41, 5.74) is -0.156. The lowest BCUT2D eigenvalue weighted by Gasteiger charge is -2.26.